The summed E-state index contributed by atoms with van der Waals surface area (Å²) in [7, 11) is 0. The van der Waals surface area contributed by atoms with Gasteiger partial charge in [-0.15, -0.1) is 0 Å². The van der Waals surface area contributed by atoms with E-state index in [4.69, 9.17) is 4.74 Å². The highest BCUT2D eigenvalue weighted by atomic mass is 16.5. The maximum atomic E-state index is 13.0. The average Bonchev–Trinajstić information content (AvgIpc) is 2.74. The number of rotatable bonds is 7. The standard InChI is InChI=1S/C25H24N2O4/c1-16-8-7-9-17(2)23(16)31-15-21(28)22-18(3)20(14-26)24(29)27(25(22)30)13-12-19-10-5-4-6-11-19/h4-11,30H,12-13,15H2,1-3H3. The van der Waals surface area contributed by atoms with Crippen LogP contribution in [0, 0.1) is 32.1 Å². The lowest BCUT2D eigenvalue weighted by atomic mass is 10.0. The molecule has 0 aliphatic rings. The van der Waals surface area contributed by atoms with Gasteiger partial charge in [0, 0.05) is 6.54 Å². The number of para-hydroxylation sites is 1. The quantitative estimate of drug-likeness (QED) is 0.591. The van der Waals surface area contributed by atoms with Gasteiger partial charge in [-0.3, -0.25) is 14.2 Å². The monoisotopic (exact) mass is 416 g/mol. The van der Waals surface area contributed by atoms with Gasteiger partial charge in [0.25, 0.3) is 5.56 Å². The minimum Gasteiger partial charge on any atom is -0.494 e. The van der Waals surface area contributed by atoms with Crippen LogP contribution < -0.4 is 10.3 Å². The number of hydrogen-bond acceptors (Lipinski definition) is 5. The van der Waals surface area contributed by atoms with Crippen LogP contribution in [0.1, 0.15) is 38.2 Å². The zero-order chi connectivity index (χ0) is 22.5. The highest BCUT2D eigenvalue weighted by Gasteiger charge is 2.24. The minimum absolute atomic E-state index is 0.0598. The Morgan fingerprint density at radius 2 is 1.71 bits per heavy atom. The third-order valence-electron chi connectivity index (χ3n) is 5.30. The van der Waals surface area contributed by atoms with Gasteiger partial charge in [0.2, 0.25) is 11.7 Å². The van der Waals surface area contributed by atoms with Crippen LogP contribution in [0.25, 0.3) is 0 Å². The summed E-state index contributed by atoms with van der Waals surface area (Å²) in [5, 5.41) is 20.3. The van der Waals surface area contributed by atoms with E-state index in [-0.39, 0.29) is 29.8 Å². The molecule has 0 atom stereocenters. The molecule has 0 saturated heterocycles. The van der Waals surface area contributed by atoms with E-state index >= 15 is 0 Å². The number of carbonyl (C=O) groups excluding carboxylic acids is 1. The van der Waals surface area contributed by atoms with Gasteiger partial charge in [-0.25, -0.2) is 0 Å². The molecule has 1 N–H and O–H groups in total. The fraction of sp³-hybridized carbons (Fsp3) is 0.240. The molecule has 0 unspecified atom stereocenters. The van der Waals surface area contributed by atoms with Gasteiger partial charge in [-0.2, -0.15) is 5.26 Å². The van der Waals surface area contributed by atoms with Crippen molar-refractivity contribution < 1.29 is 14.6 Å². The number of aromatic hydroxyl groups is 1. The van der Waals surface area contributed by atoms with Crippen LogP contribution in [0.15, 0.2) is 53.3 Å². The number of carbonyl (C=O) groups is 1. The number of ether oxygens (including phenoxy) is 1. The van der Waals surface area contributed by atoms with Crippen molar-refractivity contribution in [3.8, 4) is 17.7 Å². The minimum atomic E-state index is -0.611. The van der Waals surface area contributed by atoms with Crippen molar-refractivity contribution >= 4 is 5.78 Å². The largest absolute Gasteiger partial charge is 0.494 e. The predicted octanol–water partition coefficient (Wildman–Crippen LogP) is 3.86. The first kappa shape index (κ1) is 21.8. The number of Topliss-reactive ketones (excluding diaryl/α,β-unsaturated/α-hetero) is 1. The Morgan fingerprint density at radius 1 is 1.06 bits per heavy atom. The molecule has 0 bridgehead atoms. The third kappa shape index (κ3) is 4.51. The fourth-order valence-corrected chi connectivity index (χ4v) is 3.61. The molecule has 1 aromatic heterocycles. The van der Waals surface area contributed by atoms with Gasteiger partial charge < -0.3 is 9.84 Å². The lowest BCUT2D eigenvalue weighted by Gasteiger charge is -2.16. The highest BCUT2D eigenvalue weighted by molar-refractivity contribution is 6.01. The van der Waals surface area contributed by atoms with E-state index < -0.39 is 17.2 Å². The molecule has 0 saturated carbocycles. The van der Waals surface area contributed by atoms with Gasteiger partial charge in [0.1, 0.15) is 17.4 Å². The molecule has 0 aliphatic heterocycles. The number of benzene rings is 2. The molecule has 3 rings (SSSR count). The molecule has 6 nitrogen and oxygen atoms in total. The van der Waals surface area contributed by atoms with E-state index in [1.165, 1.54) is 6.92 Å². The number of ketones is 1. The van der Waals surface area contributed by atoms with E-state index in [9.17, 15) is 20.0 Å². The summed E-state index contributed by atoms with van der Waals surface area (Å²) >= 11 is 0. The Morgan fingerprint density at radius 3 is 2.32 bits per heavy atom. The molecule has 6 heteroatoms. The van der Waals surface area contributed by atoms with Crippen LogP contribution >= 0.6 is 0 Å². The molecule has 0 amide bonds. The van der Waals surface area contributed by atoms with Crippen molar-refractivity contribution in [1.82, 2.24) is 4.57 Å². The van der Waals surface area contributed by atoms with E-state index in [1.54, 1.807) is 0 Å². The Hall–Kier alpha value is -3.85. The summed E-state index contributed by atoms with van der Waals surface area (Å²) < 4.78 is 6.82. The van der Waals surface area contributed by atoms with Crippen molar-refractivity contribution in [3.05, 3.63) is 92.3 Å². The maximum Gasteiger partial charge on any atom is 0.271 e. The van der Waals surface area contributed by atoms with Gasteiger partial charge >= 0.3 is 0 Å². The van der Waals surface area contributed by atoms with E-state index in [0.29, 0.717) is 12.2 Å². The maximum absolute atomic E-state index is 13.0. The van der Waals surface area contributed by atoms with Gasteiger partial charge in [0.15, 0.2) is 6.61 Å². The summed E-state index contributed by atoms with van der Waals surface area (Å²) in [6.45, 7) is 5.08. The molecule has 0 aliphatic carbocycles. The van der Waals surface area contributed by atoms with E-state index in [2.05, 4.69) is 0 Å². The van der Waals surface area contributed by atoms with E-state index in [1.807, 2.05) is 68.4 Å². The molecule has 158 valence electrons. The number of pyridine rings is 1. The second-order valence-corrected chi connectivity index (χ2v) is 7.44. The number of nitrogens with zero attached hydrogens (tertiary/aromatic N) is 2. The summed E-state index contributed by atoms with van der Waals surface area (Å²) in [5.74, 6) is -0.332. The SMILES string of the molecule is Cc1cccc(C)c1OCC(=O)c1c(C)c(C#N)c(=O)n(CCc2ccccc2)c1O. The van der Waals surface area contributed by atoms with Crippen molar-refractivity contribution in [2.45, 2.75) is 33.7 Å². The van der Waals surface area contributed by atoms with Crippen molar-refractivity contribution in [1.29, 1.82) is 5.26 Å². The Bertz CT molecular complexity index is 1200. The lowest BCUT2D eigenvalue weighted by Crippen LogP contribution is -2.28. The number of hydrogen-bond donors (Lipinski definition) is 1. The third-order valence-corrected chi connectivity index (χ3v) is 5.30. The highest BCUT2D eigenvalue weighted by Crippen LogP contribution is 2.25. The molecular weight excluding hydrogens is 392 g/mol. The summed E-state index contributed by atoms with van der Waals surface area (Å²) in [6, 6.07) is 17.0. The number of nitriles is 1. The van der Waals surface area contributed by atoms with Crippen LogP contribution in [0.4, 0.5) is 0 Å². The Kier molecular flexibility index (Phi) is 6.56. The van der Waals surface area contributed by atoms with Crippen molar-refractivity contribution in [2.75, 3.05) is 6.61 Å². The Labute approximate surface area is 181 Å². The summed E-state index contributed by atoms with van der Waals surface area (Å²) in [6.07, 6.45) is 0.467. The van der Waals surface area contributed by atoms with Gasteiger partial charge in [-0.1, -0.05) is 48.5 Å². The van der Waals surface area contributed by atoms with Crippen molar-refractivity contribution in [2.24, 2.45) is 0 Å². The zero-order valence-corrected chi connectivity index (χ0v) is 17.8. The molecule has 0 radical (unpaired) electrons. The van der Waals surface area contributed by atoms with Crippen molar-refractivity contribution in [3.63, 3.8) is 0 Å². The smallest absolute Gasteiger partial charge is 0.271 e. The van der Waals surface area contributed by atoms with Crippen LogP contribution in [0.5, 0.6) is 11.6 Å². The van der Waals surface area contributed by atoms with Gasteiger partial charge in [-0.05, 0) is 49.4 Å². The molecule has 2 aromatic carbocycles. The van der Waals surface area contributed by atoms with E-state index in [0.717, 1.165) is 21.3 Å². The first-order valence-electron chi connectivity index (χ1n) is 9.97. The first-order chi connectivity index (χ1) is 14.8. The summed E-state index contributed by atoms with van der Waals surface area (Å²) in [5.41, 5.74) is 2.09. The van der Waals surface area contributed by atoms with Gasteiger partial charge in [0.05, 0.1) is 5.56 Å². The average molecular weight is 416 g/mol. The van der Waals surface area contributed by atoms with Crippen LogP contribution in [0.2, 0.25) is 0 Å². The topological polar surface area (TPSA) is 92.3 Å². The zero-order valence-electron chi connectivity index (χ0n) is 17.8. The predicted molar refractivity (Wildman–Crippen MR) is 118 cm³/mol. The second kappa shape index (κ2) is 9.31. The normalized spacial score (nSPS) is 10.5. The number of aromatic nitrogens is 1. The molecular formula is C25H24N2O4. The first-order valence-corrected chi connectivity index (χ1v) is 9.97. The van der Waals surface area contributed by atoms with Crippen LogP contribution in [-0.4, -0.2) is 22.1 Å². The van der Waals surface area contributed by atoms with Crippen LogP contribution in [-0.2, 0) is 13.0 Å². The molecule has 0 fully saturated rings. The van der Waals surface area contributed by atoms with Crippen LogP contribution in [0.3, 0.4) is 0 Å². The molecule has 0 spiro atoms. The number of aryl methyl sites for hydroxylation is 3. The molecule has 3 aromatic rings. The lowest BCUT2D eigenvalue weighted by molar-refractivity contribution is 0.0915. The molecule has 1 heterocycles. The second-order valence-electron chi connectivity index (χ2n) is 7.44. The summed E-state index contributed by atoms with van der Waals surface area (Å²) in [4.78, 5) is 25.7. The molecule has 31 heavy (non-hydrogen) atoms. The Balaban J connectivity index is 1.94. The fourth-order valence-electron chi connectivity index (χ4n) is 3.61.